The molecule has 0 saturated carbocycles. The van der Waals surface area contributed by atoms with E-state index in [0.717, 1.165) is 11.3 Å². The Bertz CT molecular complexity index is 570. The SMILES string of the molecule is Cc1ncc(C(O)CP(C)(C)=O)c2c1OC(C)(C)OC2.[Ac]. The summed E-state index contributed by atoms with van der Waals surface area (Å²) >= 11 is 0. The van der Waals surface area contributed by atoms with Gasteiger partial charge in [0.05, 0.1) is 25.5 Å². The molecule has 5 nitrogen and oxygen atoms in total. The second-order valence-corrected chi connectivity index (χ2v) is 9.68. The number of nitrogens with zero attached hydrogens (tertiary/aromatic N) is 1. The molecule has 0 amide bonds. The van der Waals surface area contributed by atoms with Gasteiger partial charge in [0.15, 0.2) is 0 Å². The number of rotatable bonds is 3. The van der Waals surface area contributed by atoms with E-state index in [0.29, 0.717) is 17.9 Å². The molecule has 1 aromatic heterocycles. The maximum Gasteiger partial charge on any atom is 0.205 e. The number of aromatic nitrogens is 1. The Morgan fingerprint density at radius 3 is 2.67 bits per heavy atom. The average molecular weight is 526 g/mol. The van der Waals surface area contributed by atoms with Crippen LogP contribution in [-0.2, 0) is 15.9 Å². The molecule has 0 aliphatic carbocycles. The monoisotopic (exact) mass is 526 g/mol. The van der Waals surface area contributed by atoms with Crippen molar-refractivity contribution in [3.05, 3.63) is 23.0 Å². The van der Waals surface area contributed by atoms with Gasteiger partial charge >= 0.3 is 0 Å². The van der Waals surface area contributed by atoms with E-state index < -0.39 is 19.0 Å². The summed E-state index contributed by atoms with van der Waals surface area (Å²) in [6.45, 7) is 9.23. The molecule has 1 radical (unpaired) electrons. The first-order valence-corrected chi connectivity index (χ1v) is 9.41. The first kappa shape index (κ1) is 19.6. The summed E-state index contributed by atoms with van der Waals surface area (Å²) in [5, 5.41) is 10.3. The van der Waals surface area contributed by atoms with Crippen molar-refractivity contribution in [3.8, 4) is 5.75 Å². The summed E-state index contributed by atoms with van der Waals surface area (Å²) in [6, 6.07) is 0. The van der Waals surface area contributed by atoms with Crippen LogP contribution in [0.4, 0.5) is 0 Å². The van der Waals surface area contributed by atoms with E-state index in [9.17, 15) is 9.67 Å². The van der Waals surface area contributed by atoms with Crippen LogP contribution in [0.5, 0.6) is 5.75 Å². The zero-order chi connectivity index (χ0) is 15.1. The zero-order valence-corrected chi connectivity index (χ0v) is 18.9. The van der Waals surface area contributed by atoms with Crippen molar-refractivity contribution in [2.24, 2.45) is 0 Å². The summed E-state index contributed by atoms with van der Waals surface area (Å²) in [5.74, 6) is -0.0341. The minimum Gasteiger partial charge on any atom is -0.461 e. The molecular weight excluding hydrogens is 504 g/mol. The molecule has 1 atom stereocenters. The van der Waals surface area contributed by atoms with Gasteiger partial charge in [-0.1, -0.05) is 0 Å². The van der Waals surface area contributed by atoms with Gasteiger partial charge in [0.25, 0.3) is 0 Å². The van der Waals surface area contributed by atoms with Crippen molar-refractivity contribution in [2.45, 2.75) is 39.3 Å². The van der Waals surface area contributed by atoms with Crippen molar-refractivity contribution in [1.29, 1.82) is 0 Å². The van der Waals surface area contributed by atoms with Crippen LogP contribution < -0.4 is 4.74 Å². The minimum absolute atomic E-state index is 0. The van der Waals surface area contributed by atoms with E-state index in [1.165, 1.54) is 0 Å². The zero-order valence-electron chi connectivity index (χ0n) is 13.2. The minimum atomic E-state index is -2.32. The van der Waals surface area contributed by atoms with E-state index in [1.54, 1.807) is 19.5 Å². The van der Waals surface area contributed by atoms with E-state index >= 15 is 0 Å². The molecule has 0 aromatic carbocycles. The Morgan fingerprint density at radius 1 is 1.48 bits per heavy atom. The number of hydrogen-bond donors (Lipinski definition) is 1. The van der Waals surface area contributed by atoms with Crippen molar-refractivity contribution >= 4 is 7.14 Å². The van der Waals surface area contributed by atoms with Crippen LogP contribution in [0.25, 0.3) is 0 Å². The smallest absolute Gasteiger partial charge is 0.205 e. The topological polar surface area (TPSA) is 68.7 Å². The van der Waals surface area contributed by atoms with Gasteiger partial charge in [-0.3, -0.25) is 4.98 Å². The summed E-state index contributed by atoms with van der Waals surface area (Å²) in [5.41, 5.74) is 2.21. The number of hydrogen-bond acceptors (Lipinski definition) is 5. The normalized spacial score (nSPS) is 18.2. The van der Waals surface area contributed by atoms with Crippen LogP contribution in [0.3, 0.4) is 0 Å². The molecule has 1 aromatic rings. The summed E-state index contributed by atoms with van der Waals surface area (Å²) in [6.07, 6.45) is 1.04. The molecule has 0 fully saturated rings. The Kier molecular flexibility index (Phi) is 6.50. The number of aliphatic hydroxyl groups excluding tert-OH is 1. The molecule has 0 bridgehead atoms. The van der Waals surface area contributed by atoms with Crippen LogP contribution >= 0.6 is 7.14 Å². The molecule has 0 saturated heterocycles. The maximum absolute atomic E-state index is 11.9. The van der Waals surface area contributed by atoms with Gasteiger partial charge in [0, 0.05) is 81.4 Å². The molecule has 21 heavy (non-hydrogen) atoms. The Balaban J connectivity index is 0.00000220. The first-order valence-electron chi connectivity index (χ1n) is 6.62. The molecule has 0 spiro atoms. The van der Waals surface area contributed by atoms with E-state index in [-0.39, 0.29) is 50.2 Å². The van der Waals surface area contributed by atoms with Gasteiger partial charge < -0.3 is 19.1 Å². The summed E-state index contributed by atoms with van der Waals surface area (Å²) < 4.78 is 23.3. The van der Waals surface area contributed by atoms with E-state index in [2.05, 4.69) is 4.98 Å². The predicted molar refractivity (Wildman–Crippen MR) is 77.8 cm³/mol. The third kappa shape index (κ3) is 5.01. The maximum atomic E-state index is 11.9. The second kappa shape index (κ2) is 6.97. The van der Waals surface area contributed by atoms with Gasteiger partial charge in [-0.25, -0.2) is 0 Å². The summed E-state index contributed by atoms with van der Waals surface area (Å²) in [7, 11) is -2.32. The molecule has 1 aliphatic heterocycles. The van der Waals surface area contributed by atoms with Gasteiger partial charge in [0.1, 0.15) is 5.75 Å². The number of pyridine rings is 1. The van der Waals surface area contributed by atoms with Crippen LogP contribution in [0.1, 0.15) is 36.8 Å². The average Bonchev–Trinajstić information content (AvgIpc) is 2.27. The van der Waals surface area contributed by atoms with Gasteiger partial charge in [0.2, 0.25) is 5.79 Å². The van der Waals surface area contributed by atoms with E-state index in [4.69, 9.17) is 9.47 Å². The number of aryl methyl sites for hydroxylation is 1. The van der Waals surface area contributed by atoms with Crippen molar-refractivity contribution in [1.82, 2.24) is 4.98 Å². The number of ether oxygens (including phenoxy) is 2. The van der Waals surface area contributed by atoms with Gasteiger partial charge in [-0.05, 0) is 20.3 Å². The molecular formula is C14H22AcNO4P. The largest absolute Gasteiger partial charge is 0.461 e. The van der Waals surface area contributed by atoms with Crippen LogP contribution in [0, 0.1) is 51.0 Å². The first-order chi connectivity index (χ1) is 9.09. The standard InChI is InChI=1S/C14H22NO4P.Ac/c1-9-13-11(7-18-14(2,3)19-13)10(6-15-9)12(16)8-20(4,5)17;/h6,12,16H,7-8H2,1-5H3;. The Morgan fingerprint density at radius 2 is 2.10 bits per heavy atom. The van der Waals surface area contributed by atoms with Gasteiger partial charge in [-0.15, -0.1) is 0 Å². The van der Waals surface area contributed by atoms with Crippen molar-refractivity contribution in [3.63, 3.8) is 0 Å². The third-order valence-corrected chi connectivity index (χ3v) is 4.46. The Labute approximate surface area is 161 Å². The molecule has 2 rings (SSSR count). The fourth-order valence-corrected chi connectivity index (χ4v) is 3.29. The summed E-state index contributed by atoms with van der Waals surface area (Å²) in [4.78, 5) is 4.28. The molecule has 7 heteroatoms. The second-order valence-electron chi connectivity index (χ2n) is 6.17. The molecule has 115 valence electrons. The fraction of sp³-hybridized carbons (Fsp3) is 0.643. The molecule has 1 aliphatic rings. The third-order valence-electron chi connectivity index (χ3n) is 3.23. The molecule has 1 unspecified atom stereocenters. The Hall–Kier alpha value is 0.542. The number of fused-ring (bicyclic) bond motifs is 1. The molecule has 1 N–H and O–H groups in total. The van der Waals surface area contributed by atoms with Crippen LogP contribution in [0.2, 0.25) is 0 Å². The quantitative estimate of drug-likeness (QED) is 0.614. The number of aliphatic hydroxyl groups is 1. The van der Waals surface area contributed by atoms with Crippen molar-refractivity contribution in [2.75, 3.05) is 19.5 Å². The van der Waals surface area contributed by atoms with E-state index in [1.807, 2.05) is 20.8 Å². The van der Waals surface area contributed by atoms with Gasteiger partial charge in [-0.2, -0.15) is 0 Å². The van der Waals surface area contributed by atoms with Crippen LogP contribution in [0.15, 0.2) is 6.20 Å². The predicted octanol–water partition coefficient (Wildman–Crippen LogP) is 2.69. The van der Waals surface area contributed by atoms with Crippen molar-refractivity contribution < 1.29 is 63.2 Å². The fourth-order valence-electron chi connectivity index (χ4n) is 2.26. The van der Waals surface area contributed by atoms with Crippen LogP contribution in [-0.4, -0.2) is 35.4 Å². The molecule has 2 heterocycles.